The Morgan fingerprint density at radius 2 is 1.33 bits per heavy atom. The van der Waals surface area contributed by atoms with E-state index in [1.807, 2.05) is 13.8 Å². The Kier molecular flexibility index (Phi) is 7.25. The molecule has 0 amide bonds. The van der Waals surface area contributed by atoms with Crippen LogP contribution in [0.2, 0.25) is 0 Å². The fourth-order valence-corrected chi connectivity index (χ4v) is 2.43. The molecule has 0 aromatic heterocycles. The minimum Gasteiger partial charge on any atom is -0.376 e. The molecule has 1 heterocycles. The summed E-state index contributed by atoms with van der Waals surface area (Å²) in [5.74, 6) is 2.52. The first-order chi connectivity index (χ1) is 7.00. The molecular formula is C14H30O. The van der Waals surface area contributed by atoms with Crippen molar-refractivity contribution in [1.82, 2.24) is 0 Å². The van der Waals surface area contributed by atoms with E-state index in [9.17, 15) is 0 Å². The molecule has 3 unspecified atom stereocenters. The topological polar surface area (TPSA) is 9.23 Å². The number of hydrogen-bond acceptors (Lipinski definition) is 1. The maximum Gasteiger partial charge on any atom is 0.0553 e. The van der Waals surface area contributed by atoms with Crippen LogP contribution in [0.15, 0.2) is 0 Å². The van der Waals surface area contributed by atoms with Crippen LogP contribution >= 0.6 is 0 Å². The van der Waals surface area contributed by atoms with Gasteiger partial charge in [0, 0.05) is 0 Å². The van der Waals surface area contributed by atoms with Gasteiger partial charge in [0.1, 0.15) is 0 Å². The van der Waals surface area contributed by atoms with Crippen LogP contribution in [0.1, 0.15) is 61.3 Å². The quantitative estimate of drug-likeness (QED) is 0.657. The van der Waals surface area contributed by atoms with E-state index in [1.165, 1.54) is 12.8 Å². The van der Waals surface area contributed by atoms with Gasteiger partial charge in [-0.3, -0.25) is 0 Å². The zero-order valence-electron chi connectivity index (χ0n) is 11.7. The third kappa shape index (κ3) is 5.01. The first-order valence-electron chi connectivity index (χ1n) is 6.66. The minimum absolute atomic E-state index is 0.468. The first-order valence-corrected chi connectivity index (χ1v) is 6.66. The highest BCUT2D eigenvalue weighted by molar-refractivity contribution is 4.78. The summed E-state index contributed by atoms with van der Waals surface area (Å²) in [4.78, 5) is 0. The van der Waals surface area contributed by atoms with Gasteiger partial charge in [-0.1, -0.05) is 34.6 Å². The van der Waals surface area contributed by atoms with Crippen LogP contribution in [0.3, 0.4) is 0 Å². The smallest absolute Gasteiger partial charge is 0.0553 e. The summed E-state index contributed by atoms with van der Waals surface area (Å²) >= 11 is 0. The second kappa shape index (κ2) is 7.27. The molecule has 15 heavy (non-hydrogen) atoms. The first kappa shape index (κ1) is 15.0. The van der Waals surface area contributed by atoms with Crippen molar-refractivity contribution in [3.63, 3.8) is 0 Å². The Labute approximate surface area is 96.6 Å². The van der Waals surface area contributed by atoms with Crippen LogP contribution in [0.5, 0.6) is 0 Å². The normalized spacial score (nSPS) is 33.2. The fraction of sp³-hybridized carbons (Fsp3) is 1.00. The monoisotopic (exact) mass is 214 g/mol. The van der Waals surface area contributed by atoms with E-state index < -0.39 is 0 Å². The van der Waals surface area contributed by atoms with Gasteiger partial charge in [0.2, 0.25) is 0 Å². The van der Waals surface area contributed by atoms with Gasteiger partial charge in [-0.05, 0) is 44.4 Å². The third-order valence-electron chi connectivity index (χ3n) is 3.53. The van der Waals surface area contributed by atoms with E-state index >= 15 is 0 Å². The van der Waals surface area contributed by atoms with E-state index in [1.54, 1.807) is 0 Å². The predicted molar refractivity (Wildman–Crippen MR) is 68.1 cm³/mol. The SMILES string of the molecule is CC.CC1CC(C(C)C(C)C)CC(C)O1. The largest absolute Gasteiger partial charge is 0.376 e. The molecule has 0 radical (unpaired) electrons. The zero-order valence-corrected chi connectivity index (χ0v) is 11.7. The number of ether oxygens (including phenoxy) is 1. The second-order valence-corrected chi connectivity index (χ2v) is 5.09. The molecule has 0 aromatic carbocycles. The van der Waals surface area contributed by atoms with E-state index in [-0.39, 0.29) is 0 Å². The second-order valence-electron chi connectivity index (χ2n) is 5.09. The van der Waals surface area contributed by atoms with Crippen LogP contribution in [-0.2, 0) is 4.74 Å². The molecule has 92 valence electrons. The van der Waals surface area contributed by atoms with E-state index in [0.29, 0.717) is 12.2 Å². The number of rotatable bonds is 2. The van der Waals surface area contributed by atoms with Crippen LogP contribution in [0.25, 0.3) is 0 Å². The summed E-state index contributed by atoms with van der Waals surface area (Å²) in [5.41, 5.74) is 0. The van der Waals surface area contributed by atoms with Gasteiger partial charge in [0.05, 0.1) is 12.2 Å². The fourth-order valence-electron chi connectivity index (χ4n) is 2.43. The highest BCUT2D eigenvalue weighted by Crippen LogP contribution is 2.33. The molecule has 0 N–H and O–H groups in total. The molecular weight excluding hydrogens is 184 g/mol. The third-order valence-corrected chi connectivity index (χ3v) is 3.53. The zero-order chi connectivity index (χ0) is 12.0. The summed E-state index contributed by atoms with van der Waals surface area (Å²) in [5, 5.41) is 0. The van der Waals surface area contributed by atoms with Crippen LogP contribution in [0, 0.1) is 17.8 Å². The summed E-state index contributed by atoms with van der Waals surface area (Å²) in [6.07, 6.45) is 3.44. The van der Waals surface area contributed by atoms with E-state index in [0.717, 1.165) is 17.8 Å². The van der Waals surface area contributed by atoms with Gasteiger partial charge in [-0.15, -0.1) is 0 Å². The predicted octanol–water partition coefficient (Wildman–Crippen LogP) is 4.51. The minimum atomic E-state index is 0.468. The summed E-state index contributed by atoms with van der Waals surface area (Å²) < 4.78 is 5.75. The van der Waals surface area contributed by atoms with Gasteiger partial charge in [-0.25, -0.2) is 0 Å². The van der Waals surface area contributed by atoms with Gasteiger partial charge in [-0.2, -0.15) is 0 Å². The Balaban J connectivity index is 0.000000921. The lowest BCUT2D eigenvalue weighted by Crippen LogP contribution is -2.33. The summed E-state index contributed by atoms with van der Waals surface area (Å²) in [6, 6.07) is 0. The number of hydrogen-bond donors (Lipinski definition) is 0. The maximum atomic E-state index is 5.75. The van der Waals surface area contributed by atoms with Gasteiger partial charge in [0.25, 0.3) is 0 Å². The lowest BCUT2D eigenvalue weighted by Gasteiger charge is -2.37. The molecule has 1 rings (SSSR count). The Bertz CT molecular complexity index is 143. The molecule has 0 saturated carbocycles. The molecule has 0 aliphatic carbocycles. The van der Waals surface area contributed by atoms with Crippen molar-refractivity contribution in [2.24, 2.45) is 17.8 Å². The lowest BCUT2D eigenvalue weighted by molar-refractivity contribution is -0.0657. The molecule has 0 spiro atoms. The molecule has 0 aromatic rings. The molecule has 1 nitrogen and oxygen atoms in total. The van der Waals surface area contributed by atoms with Gasteiger partial charge in [0.15, 0.2) is 0 Å². The molecule has 1 heteroatoms. The molecule has 1 fully saturated rings. The average molecular weight is 214 g/mol. The standard InChI is InChI=1S/C12H24O.C2H6/c1-8(2)11(5)12-6-9(3)13-10(4)7-12;1-2/h8-12H,6-7H2,1-5H3;1-2H3. The summed E-state index contributed by atoms with van der Waals surface area (Å²) in [7, 11) is 0. The van der Waals surface area contributed by atoms with Crippen molar-refractivity contribution >= 4 is 0 Å². The highest BCUT2D eigenvalue weighted by atomic mass is 16.5. The van der Waals surface area contributed by atoms with Gasteiger partial charge >= 0.3 is 0 Å². The average Bonchev–Trinajstić information content (AvgIpc) is 2.18. The van der Waals surface area contributed by atoms with Crippen molar-refractivity contribution < 1.29 is 4.74 Å². The Morgan fingerprint density at radius 1 is 0.933 bits per heavy atom. The van der Waals surface area contributed by atoms with Crippen LogP contribution in [-0.4, -0.2) is 12.2 Å². The van der Waals surface area contributed by atoms with Crippen molar-refractivity contribution in [2.45, 2.75) is 73.5 Å². The van der Waals surface area contributed by atoms with Gasteiger partial charge < -0.3 is 4.74 Å². The van der Waals surface area contributed by atoms with Crippen LogP contribution in [0.4, 0.5) is 0 Å². The van der Waals surface area contributed by atoms with Crippen molar-refractivity contribution in [2.75, 3.05) is 0 Å². The van der Waals surface area contributed by atoms with Crippen molar-refractivity contribution in [3.8, 4) is 0 Å². The maximum absolute atomic E-state index is 5.75. The van der Waals surface area contributed by atoms with Crippen molar-refractivity contribution in [3.05, 3.63) is 0 Å². The molecule has 1 aliphatic rings. The lowest BCUT2D eigenvalue weighted by atomic mass is 9.77. The van der Waals surface area contributed by atoms with E-state index in [2.05, 4.69) is 34.6 Å². The molecule has 1 saturated heterocycles. The Morgan fingerprint density at radius 3 is 1.67 bits per heavy atom. The highest BCUT2D eigenvalue weighted by Gasteiger charge is 2.29. The van der Waals surface area contributed by atoms with Crippen molar-refractivity contribution in [1.29, 1.82) is 0 Å². The van der Waals surface area contributed by atoms with E-state index in [4.69, 9.17) is 4.74 Å². The molecule has 1 aliphatic heterocycles. The molecule has 0 bridgehead atoms. The Hall–Kier alpha value is -0.0400. The molecule has 3 atom stereocenters. The van der Waals surface area contributed by atoms with Crippen LogP contribution < -0.4 is 0 Å². The summed E-state index contributed by atoms with van der Waals surface area (Å²) in [6.45, 7) is 15.5.